The molecular weight excluding hydrogens is 216 g/mol. The number of aromatic nitrogens is 1. The summed E-state index contributed by atoms with van der Waals surface area (Å²) in [5, 5.41) is 3.36. The van der Waals surface area contributed by atoms with Gasteiger partial charge in [0.15, 0.2) is 5.89 Å². The number of nitrogens with one attached hydrogen (secondary N) is 1. The smallest absolute Gasteiger partial charge is 0.195 e. The minimum atomic E-state index is 0.406. The van der Waals surface area contributed by atoms with Crippen LogP contribution < -0.4 is 5.32 Å². The summed E-state index contributed by atoms with van der Waals surface area (Å²) in [6, 6.07) is 0.510. The molecule has 17 heavy (non-hydrogen) atoms. The largest absolute Gasteiger partial charge is 0.445 e. The summed E-state index contributed by atoms with van der Waals surface area (Å²) >= 11 is 0. The molecule has 0 spiro atoms. The van der Waals surface area contributed by atoms with Crippen molar-refractivity contribution in [1.82, 2.24) is 10.3 Å². The number of ether oxygens (including phenoxy) is 1. The summed E-state index contributed by atoms with van der Waals surface area (Å²) in [5.74, 6) is 2.23. The van der Waals surface area contributed by atoms with Crippen molar-refractivity contribution in [3.63, 3.8) is 0 Å². The number of nitrogens with zero attached hydrogens (tertiary/aromatic N) is 1. The van der Waals surface area contributed by atoms with Crippen LogP contribution in [0.25, 0.3) is 0 Å². The number of rotatable bonds is 5. The Morgan fingerprint density at radius 2 is 2.41 bits per heavy atom. The van der Waals surface area contributed by atoms with Gasteiger partial charge in [-0.15, -0.1) is 0 Å². The van der Waals surface area contributed by atoms with Gasteiger partial charge in [0.05, 0.1) is 12.8 Å². The first kappa shape index (κ1) is 12.6. The van der Waals surface area contributed by atoms with E-state index >= 15 is 0 Å². The Labute approximate surface area is 103 Å². The number of hydrogen-bond acceptors (Lipinski definition) is 4. The molecule has 1 unspecified atom stereocenters. The first-order valence-electron chi connectivity index (χ1n) is 6.51. The van der Waals surface area contributed by atoms with Gasteiger partial charge < -0.3 is 14.5 Å². The first-order valence-corrected chi connectivity index (χ1v) is 6.51. The molecule has 1 aliphatic heterocycles. The molecule has 2 heterocycles. The van der Waals surface area contributed by atoms with E-state index in [0.717, 1.165) is 50.7 Å². The average Bonchev–Trinajstić information content (AvgIpc) is 2.78. The summed E-state index contributed by atoms with van der Waals surface area (Å²) in [6.45, 7) is 6.86. The Bertz CT molecular complexity index is 330. The van der Waals surface area contributed by atoms with Crippen LogP contribution in [0.2, 0.25) is 0 Å². The van der Waals surface area contributed by atoms with E-state index in [1.807, 2.05) is 6.20 Å². The second-order valence-electron chi connectivity index (χ2n) is 4.93. The summed E-state index contributed by atoms with van der Waals surface area (Å²) in [6.07, 6.45) is 4.99. The molecule has 1 fully saturated rings. The minimum Gasteiger partial charge on any atom is -0.445 e. The van der Waals surface area contributed by atoms with Gasteiger partial charge in [-0.05, 0) is 12.8 Å². The van der Waals surface area contributed by atoms with E-state index < -0.39 is 0 Å². The van der Waals surface area contributed by atoms with E-state index in [1.165, 1.54) is 0 Å². The van der Waals surface area contributed by atoms with Crippen molar-refractivity contribution in [3.05, 3.63) is 17.8 Å². The van der Waals surface area contributed by atoms with Crippen LogP contribution in [-0.2, 0) is 11.2 Å². The first-order chi connectivity index (χ1) is 8.25. The SMILES string of the molecule is CC(C)NCCc1ncc(C2CCCOC2)o1. The van der Waals surface area contributed by atoms with Crippen molar-refractivity contribution < 1.29 is 9.15 Å². The van der Waals surface area contributed by atoms with Crippen LogP contribution >= 0.6 is 0 Å². The second kappa shape index (κ2) is 6.17. The van der Waals surface area contributed by atoms with Gasteiger partial charge in [0, 0.05) is 31.5 Å². The van der Waals surface area contributed by atoms with Crippen LogP contribution in [0, 0.1) is 0 Å². The molecule has 0 radical (unpaired) electrons. The maximum atomic E-state index is 5.77. The molecule has 1 aliphatic rings. The predicted octanol–water partition coefficient (Wildman–Crippen LogP) is 2.11. The van der Waals surface area contributed by atoms with E-state index in [9.17, 15) is 0 Å². The molecule has 1 saturated heterocycles. The molecule has 2 rings (SSSR count). The Morgan fingerprint density at radius 3 is 3.12 bits per heavy atom. The lowest BCUT2D eigenvalue weighted by molar-refractivity contribution is 0.0738. The summed E-state index contributed by atoms with van der Waals surface area (Å²) < 4.78 is 11.2. The lowest BCUT2D eigenvalue weighted by Crippen LogP contribution is -2.25. The van der Waals surface area contributed by atoms with Crippen LogP contribution in [0.3, 0.4) is 0 Å². The third-order valence-corrected chi connectivity index (χ3v) is 3.03. The molecular formula is C13H22N2O2. The molecule has 4 nitrogen and oxygen atoms in total. The van der Waals surface area contributed by atoms with Crippen LogP contribution in [0.15, 0.2) is 10.6 Å². The Balaban J connectivity index is 1.82. The van der Waals surface area contributed by atoms with E-state index in [4.69, 9.17) is 9.15 Å². The van der Waals surface area contributed by atoms with Gasteiger partial charge in [0.2, 0.25) is 0 Å². The Hall–Kier alpha value is -0.870. The van der Waals surface area contributed by atoms with Crippen LogP contribution in [0.1, 0.15) is 44.3 Å². The van der Waals surface area contributed by atoms with Crippen LogP contribution in [0.5, 0.6) is 0 Å². The molecule has 0 bridgehead atoms. The quantitative estimate of drug-likeness (QED) is 0.853. The highest BCUT2D eigenvalue weighted by molar-refractivity contribution is 5.03. The predicted molar refractivity (Wildman–Crippen MR) is 66.1 cm³/mol. The molecule has 1 atom stereocenters. The van der Waals surface area contributed by atoms with Gasteiger partial charge in [0.25, 0.3) is 0 Å². The highest BCUT2D eigenvalue weighted by Crippen LogP contribution is 2.25. The number of oxazole rings is 1. The van der Waals surface area contributed by atoms with Gasteiger partial charge >= 0.3 is 0 Å². The summed E-state index contributed by atoms with van der Waals surface area (Å²) in [7, 11) is 0. The van der Waals surface area contributed by atoms with Crippen LogP contribution in [0.4, 0.5) is 0 Å². The van der Waals surface area contributed by atoms with Gasteiger partial charge in [-0.2, -0.15) is 0 Å². The maximum Gasteiger partial charge on any atom is 0.195 e. The highest BCUT2D eigenvalue weighted by atomic mass is 16.5. The van der Waals surface area contributed by atoms with Crippen molar-refractivity contribution in [2.24, 2.45) is 0 Å². The third-order valence-electron chi connectivity index (χ3n) is 3.03. The topological polar surface area (TPSA) is 47.3 Å². The Kier molecular flexibility index (Phi) is 4.57. The minimum absolute atomic E-state index is 0.406. The zero-order chi connectivity index (χ0) is 12.1. The monoisotopic (exact) mass is 238 g/mol. The fourth-order valence-electron chi connectivity index (χ4n) is 2.06. The fourth-order valence-corrected chi connectivity index (χ4v) is 2.06. The summed E-state index contributed by atoms with van der Waals surface area (Å²) in [4.78, 5) is 4.33. The molecule has 0 aromatic carbocycles. The molecule has 1 N–H and O–H groups in total. The van der Waals surface area contributed by atoms with Crippen molar-refractivity contribution in [2.45, 2.75) is 45.1 Å². The van der Waals surface area contributed by atoms with Gasteiger partial charge in [-0.3, -0.25) is 0 Å². The molecule has 0 amide bonds. The number of hydrogen-bond donors (Lipinski definition) is 1. The fraction of sp³-hybridized carbons (Fsp3) is 0.769. The van der Waals surface area contributed by atoms with Crippen LogP contribution in [-0.4, -0.2) is 30.8 Å². The lowest BCUT2D eigenvalue weighted by Gasteiger charge is -2.19. The van der Waals surface area contributed by atoms with Crippen molar-refractivity contribution >= 4 is 0 Å². The second-order valence-corrected chi connectivity index (χ2v) is 4.93. The summed E-state index contributed by atoms with van der Waals surface area (Å²) in [5.41, 5.74) is 0. The average molecular weight is 238 g/mol. The zero-order valence-electron chi connectivity index (χ0n) is 10.7. The highest BCUT2D eigenvalue weighted by Gasteiger charge is 2.19. The van der Waals surface area contributed by atoms with E-state index in [2.05, 4.69) is 24.1 Å². The van der Waals surface area contributed by atoms with E-state index in [1.54, 1.807) is 0 Å². The standard InChI is InChI=1S/C13H22N2O2/c1-10(2)14-6-5-13-15-8-12(17-13)11-4-3-7-16-9-11/h8,10-11,14H,3-7,9H2,1-2H3. The van der Waals surface area contributed by atoms with Gasteiger partial charge in [-0.25, -0.2) is 4.98 Å². The van der Waals surface area contributed by atoms with Crippen molar-refractivity contribution in [1.29, 1.82) is 0 Å². The lowest BCUT2D eigenvalue weighted by atomic mass is 10.0. The van der Waals surface area contributed by atoms with Gasteiger partial charge in [0.1, 0.15) is 5.76 Å². The normalized spacial score (nSPS) is 21.0. The molecule has 0 aliphatic carbocycles. The van der Waals surface area contributed by atoms with Gasteiger partial charge in [-0.1, -0.05) is 13.8 Å². The molecule has 1 aromatic rings. The molecule has 96 valence electrons. The zero-order valence-corrected chi connectivity index (χ0v) is 10.7. The molecule has 1 aromatic heterocycles. The van der Waals surface area contributed by atoms with Crippen molar-refractivity contribution in [2.75, 3.05) is 19.8 Å². The maximum absolute atomic E-state index is 5.77. The van der Waals surface area contributed by atoms with Crippen molar-refractivity contribution in [3.8, 4) is 0 Å². The molecule has 0 saturated carbocycles. The molecule has 4 heteroatoms. The Morgan fingerprint density at radius 1 is 1.53 bits per heavy atom. The van der Waals surface area contributed by atoms with E-state index in [0.29, 0.717) is 12.0 Å². The van der Waals surface area contributed by atoms with E-state index in [-0.39, 0.29) is 0 Å². The third kappa shape index (κ3) is 3.82.